The number of nitrogens with zero attached hydrogens (tertiary/aromatic N) is 1. The number of benzene rings is 2. The van der Waals surface area contributed by atoms with Gasteiger partial charge in [-0.05, 0) is 79.1 Å². The SMILES string of the molecule is C[C@@H]1CN(CCCc2cccc(Cl)c2)CC[C@]1(C)c1cccc(O)c1. The standard InChI is InChI=1S/C22H28ClNO/c1-17-16-24(12-5-7-18-6-3-9-20(23)14-18)13-11-22(17,2)19-8-4-10-21(25)15-19/h3-4,6,8-10,14-15,17,25H,5,7,11-13,16H2,1-2H3/t17-,22+/m1/s1. The zero-order valence-electron chi connectivity index (χ0n) is 15.2. The first-order valence-corrected chi connectivity index (χ1v) is 9.61. The Balaban J connectivity index is 1.55. The molecule has 1 saturated heterocycles. The van der Waals surface area contributed by atoms with E-state index in [0.29, 0.717) is 11.7 Å². The number of piperidine rings is 1. The van der Waals surface area contributed by atoms with Crippen LogP contribution in [-0.2, 0) is 11.8 Å². The first-order valence-electron chi connectivity index (χ1n) is 9.24. The molecule has 0 aromatic heterocycles. The average molecular weight is 358 g/mol. The summed E-state index contributed by atoms with van der Waals surface area (Å²) >= 11 is 6.06. The summed E-state index contributed by atoms with van der Waals surface area (Å²) in [6, 6.07) is 16.0. The summed E-state index contributed by atoms with van der Waals surface area (Å²) in [5, 5.41) is 10.6. The largest absolute Gasteiger partial charge is 0.508 e. The maximum Gasteiger partial charge on any atom is 0.115 e. The van der Waals surface area contributed by atoms with Crippen LogP contribution < -0.4 is 0 Å². The number of phenolic OH excluding ortho intramolecular Hbond substituents is 1. The second-order valence-corrected chi connectivity index (χ2v) is 8.09. The van der Waals surface area contributed by atoms with Crippen LogP contribution in [0, 0.1) is 5.92 Å². The fourth-order valence-corrected chi connectivity index (χ4v) is 4.22. The van der Waals surface area contributed by atoms with Crippen LogP contribution in [0.4, 0.5) is 0 Å². The molecule has 0 bridgehead atoms. The van der Waals surface area contributed by atoms with E-state index >= 15 is 0 Å². The van der Waals surface area contributed by atoms with Crippen molar-refractivity contribution in [2.75, 3.05) is 19.6 Å². The summed E-state index contributed by atoms with van der Waals surface area (Å²) in [6.07, 6.45) is 3.37. The van der Waals surface area contributed by atoms with Gasteiger partial charge >= 0.3 is 0 Å². The molecule has 1 N–H and O–H groups in total. The van der Waals surface area contributed by atoms with E-state index in [-0.39, 0.29) is 5.41 Å². The summed E-state index contributed by atoms with van der Waals surface area (Å²) in [4.78, 5) is 2.58. The van der Waals surface area contributed by atoms with Gasteiger partial charge in [-0.2, -0.15) is 0 Å². The number of aromatic hydroxyl groups is 1. The molecule has 2 aromatic rings. The van der Waals surface area contributed by atoms with Crippen molar-refractivity contribution < 1.29 is 5.11 Å². The molecular weight excluding hydrogens is 330 g/mol. The van der Waals surface area contributed by atoms with Gasteiger partial charge < -0.3 is 10.0 Å². The van der Waals surface area contributed by atoms with E-state index in [1.807, 2.05) is 24.3 Å². The number of halogens is 1. The van der Waals surface area contributed by atoms with Crippen LogP contribution >= 0.6 is 11.6 Å². The molecule has 1 heterocycles. The summed E-state index contributed by atoms with van der Waals surface area (Å²) in [5.74, 6) is 0.934. The van der Waals surface area contributed by atoms with E-state index < -0.39 is 0 Å². The van der Waals surface area contributed by atoms with Crippen LogP contribution in [0.1, 0.15) is 37.8 Å². The Morgan fingerprint density at radius 2 is 2.00 bits per heavy atom. The van der Waals surface area contributed by atoms with Gasteiger partial charge in [0.25, 0.3) is 0 Å². The Hall–Kier alpha value is -1.51. The molecule has 0 saturated carbocycles. The van der Waals surface area contributed by atoms with Crippen LogP contribution in [0.15, 0.2) is 48.5 Å². The quantitative estimate of drug-likeness (QED) is 0.787. The van der Waals surface area contributed by atoms with Crippen molar-refractivity contribution in [2.45, 2.75) is 38.5 Å². The molecule has 0 radical (unpaired) electrons. The molecule has 3 heteroatoms. The number of aryl methyl sites for hydroxylation is 1. The van der Waals surface area contributed by atoms with E-state index in [0.717, 1.165) is 43.9 Å². The predicted octanol–water partition coefficient (Wildman–Crippen LogP) is 5.28. The van der Waals surface area contributed by atoms with Crippen molar-refractivity contribution in [3.05, 3.63) is 64.7 Å². The molecule has 1 aliphatic rings. The maximum atomic E-state index is 9.82. The molecule has 1 fully saturated rings. The summed E-state index contributed by atoms with van der Waals surface area (Å²) < 4.78 is 0. The molecule has 2 atom stereocenters. The summed E-state index contributed by atoms with van der Waals surface area (Å²) in [6.45, 7) is 8.05. The molecule has 0 spiro atoms. The third-order valence-electron chi connectivity index (χ3n) is 5.90. The molecule has 0 amide bonds. The maximum absolute atomic E-state index is 9.82. The van der Waals surface area contributed by atoms with Crippen molar-refractivity contribution in [3.8, 4) is 5.75 Å². The Kier molecular flexibility index (Phi) is 5.71. The van der Waals surface area contributed by atoms with Crippen molar-refractivity contribution >= 4 is 11.6 Å². The van der Waals surface area contributed by atoms with Gasteiger partial charge in [-0.1, -0.05) is 49.7 Å². The van der Waals surface area contributed by atoms with E-state index in [9.17, 15) is 5.11 Å². The van der Waals surface area contributed by atoms with E-state index in [4.69, 9.17) is 11.6 Å². The first kappa shape index (κ1) is 18.3. The first-order chi connectivity index (χ1) is 12.0. The lowest BCUT2D eigenvalue weighted by atomic mass is 9.68. The lowest BCUT2D eigenvalue weighted by molar-refractivity contribution is 0.110. The Labute approximate surface area is 156 Å². The second-order valence-electron chi connectivity index (χ2n) is 7.65. The molecule has 0 unspecified atom stereocenters. The number of likely N-dealkylation sites (tertiary alicyclic amines) is 1. The molecule has 1 aliphatic heterocycles. The highest BCUT2D eigenvalue weighted by molar-refractivity contribution is 6.30. The normalized spacial score (nSPS) is 24.4. The lowest BCUT2D eigenvalue weighted by Gasteiger charge is -2.45. The van der Waals surface area contributed by atoms with Crippen LogP contribution in [0.3, 0.4) is 0 Å². The monoisotopic (exact) mass is 357 g/mol. The smallest absolute Gasteiger partial charge is 0.115 e. The van der Waals surface area contributed by atoms with E-state index in [2.05, 4.69) is 36.9 Å². The molecule has 3 rings (SSSR count). The highest BCUT2D eigenvalue weighted by Crippen LogP contribution is 2.40. The van der Waals surface area contributed by atoms with Gasteiger partial charge in [-0.3, -0.25) is 0 Å². The molecule has 2 nitrogen and oxygen atoms in total. The minimum absolute atomic E-state index is 0.141. The van der Waals surface area contributed by atoms with Gasteiger partial charge in [0.1, 0.15) is 5.75 Å². The zero-order chi connectivity index (χ0) is 17.9. The molecule has 25 heavy (non-hydrogen) atoms. The Morgan fingerprint density at radius 3 is 2.72 bits per heavy atom. The highest BCUT2D eigenvalue weighted by Gasteiger charge is 2.37. The molecule has 0 aliphatic carbocycles. The fourth-order valence-electron chi connectivity index (χ4n) is 4.01. The number of hydrogen-bond acceptors (Lipinski definition) is 2. The van der Waals surface area contributed by atoms with Crippen LogP contribution in [-0.4, -0.2) is 29.6 Å². The second kappa shape index (κ2) is 7.80. The lowest BCUT2D eigenvalue weighted by Crippen LogP contribution is -2.47. The summed E-state index contributed by atoms with van der Waals surface area (Å²) in [5.41, 5.74) is 2.73. The minimum Gasteiger partial charge on any atom is -0.508 e. The van der Waals surface area contributed by atoms with Crippen molar-refractivity contribution in [3.63, 3.8) is 0 Å². The third-order valence-corrected chi connectivity index (χ3v) is 6.14. The molecule has 134 valence electrons. The third kappa shape index (κ3) is 4.37. The van der Waals surface area contributed by atoms with Crippen molar-refractivity contribution in [1.82, 2.24) is 4.90 Å². The van der Waals surface area contributed by atoms with Gasteiger partial charge in [0.2, 0.25) is 0 Å². The number of phenols is 1. The van der Waals surface area contributed by atoms with Crippen LogP contribution in [0.5, 0.6) is 5.75 Å². The van der Waals surface area contributed by atoms with Crippen LogP contribution in [0.2, 0.25) is 5.02 Å². The van der Waals surface area contributed by atoms with Gasteiger partial charge in [0, 0.05) is 11.6 Å². The summed E-state index contributed by atoms with van der Waals surface area (Å²) in [7, 11) is 0. The molecular formula is C22H28ClNO. The van der Waals surface area contributed by atoms with Crippen molar-refractivity contribution in [1.29, 1.82) is 0 Å². The Morgan fingerprint density at radius 1 is 1.20 bits per heavy atom. The molecule has 2 aromatic carbocycles. The minimum atomic E-state index is 0.141. The predicted molar refractivity (Wildman–Crippen MR) is 105 cm³/mol. The van der Waals surface area contributed by atoms with Gasteiger partial charge in [0.15, 0.2) is 0 Å². The highest BCUT2D eigenvalue weighted by atomic mass is 35.5. The van der Waals surface area contributed by atoms with E-state index in [1.165, 1.54) is 11.1 Å². The van der Waals surface area contributed by atoms with Gasteiger partial charge in [-0.25, -0.2) is 0 Å². The topological polar surface area (TPSA) is 23.5 Å². The van der Waals surface area contributed by atoms with Crippen molar-refractivity contribution in [2.24, 2.45) is 5.92 Å². The Bertz CT molecular complexity index is 717. The number of rotatable bonds is 5. The zero-order valence-corrected chi connectivity index (χ0v) is 16.0. The van der Waals surface area contributed by atoms with Gasteiger partial charge in [-0.15, -0.1) is 0 Å². The van der Waals surface area contributed by atoms with E-state index in [1.54, 1.807) is 6.07 Å². The van der Waals surface area contributed by atoms with Gasteiger partial charge in [0.05, 0.1) is 0 Å². The fraction of sp³-hybridized carbons (Fsp3) is 0.455. The number of hydrogen-bond donors (Lipinski definition) is 1. The van der Waals surface area contributed by atoms with Crippen LogP contribution in [0.25, 0.3) is 0 Å². The average Bonchev–Trinajstić information content (AvgIpc) is 2.58.